The molecule has 4 rings (SSSR count). The van der Waals surface area contributed by atoms with Crippen molar-refractivity contribution in [2.45, 2.75) is 50.8 Å². The molecule has 1 fully saturated rings. The molecule has 0 bridgehead atoms. The maximum atomic E-state index is 13.2. The minimum atomic E-state index is -4.00. The monoisotopic (exact) mass is 471 g/mol. The van der Waals surface area contributed by atoms with Gasteiger partial charge in [0.2, 0.25) is 15.8 Å². The molecular formula is C23H25N3O6S. The number of hydrogen-bond acceptors (Lipinski definition) is 8. The molecule has 2 atom stereocenters. The van der Waals surface area contributed by atoms with Crippen molar-refractivity contribution < 1.29 is 27.6 Å². The third kappa shape index (κ3) is 4.82. The van der Waals surface area contributed by atoms with E-state index in [4.69, 9.17) is 9.26 Å². The number of aliphatic hydroxyl groups is 1. The topological polar surface area (TPSA) is 123 Å². The van der Waals surface area contributed by atoms with Gasteiger partial charge in [0.15, 0.2) is 6.61 Å². The van der Waals surface area contributed by atoms with Crippen molar-refractivity contribution in [3.8, 4) is 11.4 Å². The zero-order valence-electron chi connectivity index (χ0n) is 18.6. The van der Waals surface area contributed by atoms with E-state index in [-0.39, 0.29) is 30.4 Å². The van der Waals surface area contributed by atoms with Gasteiger partial charge in [-0.2, -0.15) is 9.29 Å². The second-order valence-electron chi connectivity index (χ2n) is 8.21. The number of carbonyl (C=O) groups excluding carboxylic acids is 1. The van der Waals surface area contributed by atoms with Gasteiger partial charge in [-0.1, -0.05) is 41.1 Å². The second-order valence-corrected chi connectivity index (χ2v) is 10.1. The number of nitrogens with zero attached hydrogens (tertiary/aromatic N) is 3. The Hall–Kier alpha value is -3.08. The Bertz CT molecular complexity index is 1270. The molecule has 2 heterocycles. The molecule has 0 saturated carbocycles. The van der Waals surface area contributed by atoms with Crippen LogP contribution in [0.2, 0.25) is 0 Å². The Morgan fingerprint density at radius 2 is 1.88 bits per heavy atom. The first-order chi connectivity index (χ1) is 15.6. The number of carbonyl (C=O) groups is 1. The number of aromatic nitrogens is 2. The molecule has 0 radical (unpaired) electrons. The predicted molar refractivity (Wildman–Crippen MR) is 118 cm³/mol. The van der Waals surface area contributed by atoms with Gasteiger partial charge in [-0.05, 0) is 44.0 Å². The summed E-state index contributed by atoms with van der Waals surface area (Å²) in [7, 11) is -4.00. The van der Waals surface area contributed by atoms with Crippen molar-refractivity contribution in [1.29, 1.82) is 0 Å². The third-order valence-electron chi connectivity index (χ3n) is 5.71. The van der Waals surface area contributed by atoms with Crippen LogP contribution in [0.25, 0.3) is 11.4 Å². The van der Waals surface area contributed by atoms with Gasteiger partial charge in [-0.25, -0.2) is 8.42 Å². The minimum Gasteiger partial charge on any atom is -0.454 e. The zero-order chi connectivity index (χ0) is 23.8. The largest absolute Gasteiger partial charge is 0.454 e. The van der Waals surface area contributed by atoms with Gasteiger partial charge in [0.1, 0.15) is 6.04 Å². The fourth-order valence-corrected chi connectivity index (χ4v) is 5.35. The van der Waals surface area contributed by atoms with E-state index in [1.807, 2.05) is 45.0 Å². The fraction of sp³-hybridized carbons (Fsp3) is 0.348. The van der Waals surface area contributed by atoms with E-state index in [0.29, 0.717) is 5.82 Å². The van der Waals surface area contributed by atoms with Crippen LogP contribution < -0.4 is 0 Å². The first-order valence-corrected chi connectivity index (χ1v) is 11.9. The number of aryl methyl sites for hydroxylation is 3. The Morgan fingerprint density at radius 3 is 2.58 bits per heavy atom. The lowest BCUT2D eigenvalue weighted by atomic mass is 10.1. The van der Waals surface area contributed by atoms with Crippen molar-refractivity contribution >= 4 is 16.0 Å². The van der Waals surface area contributed by atoms with Gasteiger partial charge in [0.05, 0.1) is 11.0 Å². The van der Waals surface area contributed by atoms with Crippen LogP contribution in [0.5, 0.6) is 0 Å². The van der Waals surface area contributed by atoms with Crippen molar-refractivity contribution in [2.75, 3.05) is 6.54 Å². The number of aliphatic hydroxyl groups excluding tert-OH is 1. The van der Waals surface area contributed by atoms with E-state index in [9.17, 15) is 18.3 Å². The predicted octanol–water partition coefficient (Wildman–Crippen LogP) is 2.53. The van der Waals surface area contributed by atoms with E-state index >= 15 is 0 Å². The van der Waals surface area contributed by atoms with Gasteiger partial charge < -0.3 is 14.4 Å². The molecule has 1 aliphatic heterocycles. The number of rotatable bonds is 6. The van der Waals surface area contributed by atoms with Crippen LogP contribution in [-0.2, 0) is 26.2 Å². The van der Waals surface area contributed by atoms with E-state index in [2.05, 4.69) is 10.1 Å². The van der Waals surface area contributed by atoms with Crippen LogP contribution in [0.3, 0.4) is 0 Å². The van der Waals surface area contributed by atoms with E-state index in [1.54, 1.807) is 12.1 Å². The number of β-amino-alcohol motifs (C(OH)–C–C–N with tert-alkyl or cyclic N) is 1. The molecule has 0 spiro atoms. The smallest absolute Gasteiger partial charge is 0.325 e. The molecule has 1 aromatic heterocycles. The summed E-state index contributed by atoms with van der Waals surface area (Å²) in [5.41, 5.74) is 3.62. The molecule has 0 aliphatic carbocycles. The van der Waals surface area contributed by atoms with Gasteiger partial charge in [-0.15, -0.1) is 0 Å². The number of sulfonamides is 1. The molecule has 10 heteroatoms. The summed E-state index contributed by atoms with van der Waals surface area (Å²) in [6.45, 7) is 5.17. The van der Waals surface area contributed by atoms with Crippen LogP contribution in [0.15, 0.2) is 51.9 Å². The summed E-state index contributed by atoms with van der Waals surface area (Å²) in [5.74, 6) is -0.341. The maximum absolute atomic E-state index is 13.2. The quantitative estimate of drug-likeness (QED) is 0.544. The van der Waals surface area contributed by atoms with Crippen LogP contribution >= 0.6 is 0 Å². The van der Waals surface area contributed by atoms with E-state index in [1.165, 1.54) is 6.07 Å². The summed E-state index contributed by atoms with van der Waals surface area (Å²) in [4.78, 5) is 17.0. The SMILES string of the molecule is Cc1ccc(-c2noc(COC(=O)[C@@H]3CC(O)CN3S(=O)(=O)c3ccc(C)c(C)c3)n2)cc1. The number of benzene rings is 2. The Labute approximate surface area is 192 Å². The first-order valence-electron chi connectivity index (χ1n) is 10.5. The maximum Gasteiger partial charge on any atom is 0.325 e. The Kier molecular flexibility index (Phi) is 6.33. The number of esters is 1. The van der Waals surface area contributed by atoms with Crippen molar-refractivity contribution in [3.05, 3.63) is 65.0 Å². The molecular weight excluding hydrogens is 446 g/mol. The van der Waals surface area contributed by atoms with Crippen LogP contribution in [0, 0.1) is 20.8 Å². The summed E-state index contributed by atoms with van der Waals surface area (Å²) in [6, 6.07) is 11.2. The van der Waals surface area contributed by atoms with Crippen LogP contribution in [-0.4, -0.2) is 52.6 Å². The second kappa shape index (κ2) is 9.05. The van der Waals surface area contributed by atoms with Gasteiger partial charge >= 0.3 is 5.97 Å². The van der Waals surface area contributed by atoms with Crippen LogP contribution in [0.1, 0.15) is 29.0 Å². The highest BCUT2D eigenvalue weighted by Crippen LogP contribution is 2.28. The molecule has 1 saturated heterocycles. The third-order valence-corrected chi connectivity index (χ3v) is 7.58. The van der Waals surface area contributed by atoms with Gasteiger partial charge in [0.25, 0.3) is 5.89 Å². The lowest BCUT2D eigenvalue weighted by Crippen LogP contribution is -2.41. The molecule has 3 aromatic rings. The summed E-state index contributed by atoms with van der Waals surface area (Å²) >= 11 is 0. The summed E-state index contributed by atoms with van der Waals surface area (Å²) in [5, 5.41) is 14.0. The van der Waals surface area contributed by atoms with Gasteiger partial charge in [-0.3, -0.25) is 4.79 Å². The molecule has 174 valence electrons. The number of ether oxygens (including phenoxy) is 1. The van der Waals surface area contributed by atoms with E-state index < -0.39 is 28.1 Å². The molecule has 33 heavy (non-hydrogen) atoms. The zero-order valence-corrected chi connectivity index (χ0v) is 19.4. The first kappa shape index (κ1) is 23.1. The molecule has 1 aliphatic rings. The Balaban J connectivity index is 1.47. The lowest BCUT2D eigenvalue weighted by molar-refractivity contribution is -0.149. The summed E-state index contributed by atoms with van der Waals surface area (Å²) < 4.78 is 37.8. The normalized spacial score (nSPS) is 19.0. The summed E-state index contributed by atoms with van der Waals surface area (Å²) in [6.07, 6.45) is -1.03. The standard InChI is InChI=1S/C23H25N3O6S/c1-14-4-7-17(8-5-14)22-24-21(32-25-22)13-31-23(28)20-11-18(27)12-26(20)33(29,30)19-9-6-15(2)16(3)10-19/h4-10,18,20,27H,11-13H2,1-3H3/t18?,20-/m0/s1. The lowest BCUT2D eigenvalue weighted by Gasteiger charge is -2.22. The molecule has 1 N–H and O–H groups in total. The van der Waals surface area contributed by atoms with Crippen molar-refractivity contribution in [3.63, 3.8) is 0 Å². The van der Waals surface area contributed by atoms with Gasteiger partial charge in [0, 0.05) is 18.5 Å². The highest BCUT2D eigenvalue weighted by atomic mass is 32.2. The highest BCUT2D eigenvalue weighted by Gasteiger charge is 2.44. The highest BCUT2D eigenvalue weighted by molar-refractivity contribution is 7.89. The number of hydrogen-bond donors (Lipinski definition) is 1. The molecule has 2 aromatic carbocycles. The average Bonchev–Trinajstić information content (AvgIpc) is 3.41. The van der Waals surface area contributed by atoms with Crippen molar-refractivity contribution in [2.24, 2.45) is 0 Å². The molecule has 9 nitrogen and oxygen atoms in total. The molecule has 1 unspecified atom stereocenters. The van der Waals surface area contributed by atoms with Crippen molar-refractivity contribution in [1.82, 2.24) is 14.4 Å². The van der Waals surface area contributed by atoms with Crippen LogP contribution in [0.4, 0.5) is 0 Å². The van der Waals surface area contributed by atoms with E-state index in [0.717, 1.165) is 26.6 Å². The average molecular weight is 472 g/mol. The minimum absolute atomic E-state index is 0.0542. The Morgan fingerprint density at radius 1 is 1.15 bits per heavy atom. The molecule has 0 amide bonds. The fourth-order valence-electron chi connectivity index (χ4n) is 3.64.